The van der Waals surface area contributed by atoms with Crippen LogP contribution in [-0.4, -0.2) is 29.3 Å². The van der Waals surface area contributed by atoms with E-state index in [0.29, 0.717) is 5.13 Å². The summed E-state index contributed by atoms with van der Waals surface area (Å²) in [6.07, 6.45) is 2.30. The molecule has 1 saturated heterocycles. The topological polar surface area (TPSA) is 70.2 Å². The zero-order chi connectivity index (χ0) is 14.7. The predicted molar refractivity (Wildman–Crippen MR) is 80.4 cm³/mol. The Morgan fingerprint density at radius 2 is 1.95 bits per heavy atom. The first-order valence-corrected chi connectivity index (χ1v) is 7.45. The van der Waals surface area contributed by atoms with Crippen molar-refractivity contribution in [1.29, 1.82) is 0 Å². The second kappa shape index (κ2) is 6.04. The SMILES string of the molecule is O=C(Nc1nnc(N2CCCC2)s1)Nc1ccccc1F. The molecule has 1 aromatic carbocycles. The van der Waals surface area contributed by atoms with Crippen LogP contribution in [0.4, 0.5) is 25.1 Å². The van der Waals surface area contributed by atoms with Crippen molar-refractivity contribution in [2.24, 2.45) is 0 Å². The first-order chi connectivity index (χ1) is 10.2. The van der Waals surface area contributed by atoms with E-state index in [9.17, 15) is 9.18 Å². The van der Waals surface area contributed by atoms with Crippen molar-refractivity contribution < 1.29 is 9.18 Å². The first kappa shape index (κ1) is 13.7. The average molecular weight is 307 g/mol. The molecule has 0 bridgehead atoms. The van der Waals surface area contributed by atoms with E-state index in [1.807, 2.05) is 0 Å². The lowest BCUT2D eigenvalue weighted by Gasteiger charge is -2.11. The zero-order valence-corrected chi connectivity index (χ0v) is 12.0. The summed E-state index contributed by atoms with van der Waals surface area (Å²) in [6, 6.07) is 5.45. The third kappa shape index (κ3) is 3.27. The van der Waals surface area contributed by atoms with E-state index < -0.39 is 11.8 Å². The Morgan fingerprint density at radius 3 is 2.71 bits per heavy atom. The summed E-state index contributed by atoms with van der Waals surface area (Å²) in [4.78, 5) is 13.9. The third-order valence-corrected chi connectivity index (χ3v) is 4.03. The summed E-state index contributed by atoms with van der Waals surface area (Å²) < 4.78 is 13.4. The van der Waals surface area contributed by atoms with Gasteiger partial charge >= 0.3 is 6.03 Å². The van der Waals surface area contributed by atoms with E-state index in [4.69, 9.17) is 0 Å². The smallest absolute Gasteiger partial charge is 0.325 e. The lowest BCUT2D eigenvalue weighted by molar-refractivity contribution is 0.262. The highest BCUT2D eigenvalue weighted by Gasteiger charge is 2.17. The molecule has 3 rings (SSSR count). The van der Waals surface area contributed by atoms with Gasteiger partial charge in [0.1, 0.15) is 5.82 Å². The molecule has 2 aromatic rings. The van der Waals surface area contributed by atoms with Crippen LogP contribution < -0.4 is 15.5 Å². The number of hydrogen-bond donors (Lipinski definition) is 2. The van der Waals surface area contributed by atoms with Crippen molar-refractivity contribution >= 4 is 33.3 Å². The fourth-order valence-electron chi connectivity index (χ4n) is 2.12. The van der Waals surface area contributed by atoms with E-state index in [2.05, 4.69) is 25.7 Å². The largest absolute Gasteiger partial charge is 0.347 e. The molecule has 0 aliphatic carbocycles. The fraction of sp³-hybridized carbons (Fsp3) is 0.308. The third-order valence-electron chi connectivity index (χ3n) is 3.13. The van der Waals surface area contributed by atoms with Gasteiger partial charge in [-0.15, -0.1) is 10.2 Å². The Morgan fingerprint density at radius 1 is 1.19 bits per heavy atom. The molecule has 0 unspecified atom stereocenters. The van der Waals surface area contributed by atoms with Gasteiger partial charge in [0.25, 0.3) is 0 Å². The van der Waals surface area contributed by atoms with Crippen LogP contribution in [0.1, 0.15) is 12.8 Å². The van der Waals surface area contributed by atoms with Crippen LogP contribution >= 0.6 is 11.3 Å². The molecule has 0 atom stereocenters. The van der Waals surface area contributed by atoms with E-state index >= 15 is 0 Å². The number of nitrogens with one attached hydrogen (secondary N) is 2. The van der Waals surface area contributed by atoms with Crippen LogP contribution in [0.3, 0.4) is 0 Å². The van der Waals surface area contributed by atoms with E-state index in [1.54, 1.807) is 12.1 Å². The lowest BCUT2D eigenvalue weighted by atomic mass is 10.3. The summed E-state index contributed by atoms with van der Waals surface area (Å²) >= 11 is 1.31. The number of benzene rings is 1. The van der Waals surface area contributed by atoms with Crippen molar-refractivity contribution in [3.05, 3.63) is 30.1 Å². The van der Waals surface area contributed by atoms with Gasteiger partial charge in [0, 0.05) is 13.1 Å². The maximum absolute atomic E-state index is 13.4. The standard InChI is InChI=1S/C13H14FN5OS/c14-9-5-1-2-6-10(9)15-11(20)16-12-17-18-13(21-12)19-7-3-4-8-19/h1-2,5-6H,3-4,7-8H2,(H2,15,16,17,20). The van der Waals surface area contributed by atoms with E-state index in [1.165, 1.54) is 23.5 Å². The molecule has 2 N–H and O–H groups in total. The summed E-state index contributed by atoms with van der Waals surface area (Å²) in [6.45, 7) is 1.94. The number of aromatic nitrogens is 2. The van der Waals surface area contributed by atoms with Crippen LogP contribution in [-0.2, 0) is 0 Å². The number of halogens is 1. The Balaban J connectivity index is 1.61. The highest BCUT2D eigenvalue weighted by molar-refractivity contribution is 7.19. The molecule has 1 aliphatic heterocycles. The van der Waals surface area contributed by atoms with E-state index in [0.717, 1.165) is 31.1 Å². The molecule has 1 aliphatic rings. The van der Waals surface area contributed by atoms with Crippen LogP contribution in [0.2, 0.25) is 0 Å². The van der Waals surface area contributed by atoms with Crippen LogP contribution in [0.15, 0.2) is 24.3 Å². The maximum atomic E-state index is 13.4. The number of para-hydroxylation sites is 1. The molecule has 1 fully saturated rings. The number of carbonyl (C=O) groups excluding carboxylic acids is 1. The molecular weight excluding hydrogens is 293 g/mol. The lowest BCUT2D eigenvalue weighted by Crippen LogP contribution is -2.20. The minimum atomic E-state index is -0.538. The minimum absolute atomic E-state index is 0.124. The Bertz CT molecular complexity index is 641. The summed E-state index contributed by atoms with van der Waals surface area (Å²) in [5, 5.41) is 14.2. The molecule has 8 heteroatoms. The first-order valence-electron chi connectivity index (χ1n) is 6.63. The molecule has 6 nitrogen and oxygen atoms in total. The van der Waals surface area contributed by atoms with Crippen molar-refractivity contribution in [1.82, 2.24) is 10.2 Å². The van der Waals surface area contributed by atoms with Gasteiger partial charge in [0.15, 0.2) is 0 Å². The maximum Gasteiger partial charge on any atom is 0.325 e. The Kier molecular flexibility index (Phi) is 3.96. The van der Waals surface area contributed by atoms with Gasteiger partial charge in [0.05, 0.1) is 5.69 Å². The molecule has 0 spiro atoms. The monoisotopic (exact) mass is 307 g/mol. The number of hydrogen-bond acceptors (Lipinski definition) is 5. The predicted octanol–water partition coefficient (Wildman–Crippen LogP) is 2.92. The number of nitrogens with zero attached hydrogens (tertiary/aromatic N) is 3. The minimum Gasteiger partial charge on any atom is -0.347 e. The number of amides is 2. The van der Waals surface area contributed by atoms with E-state index in [-0.39, 0.29) is 5.69 Å². The summed E-state index contributed by atoms with van der Waals surface area (Å²) in [5.74, 6) is -0.484. The molecule has 110 valence electrons. The molecule has 0 radical (unpaired) electrons. The Hall–Kier alpha value is -2.22. The zero-order valence-electron chi connectivity index (χ0n) is 11.2. The van der Waals surface area contributed by atoms with Gasteiger partial charge in [-0.05, 0) is 25.0 Å². The highest BCUT2D eigenvalue weighted by Crippen LogP contribution is 2.27. The van der Waals surface area contributed by atoms with Crippen molar-refractivity contribution in [2.75, 3.05) is 28.6 Å². The normalized spacial score (nSPS) is 14.2. The molecule has 0 saturated carbocycles. The van der Waals surface area contributed by atoms with Crippen LogP contribution in [0.25, 0.3) is 0 Å². The number of rotatable bonds is 3. The summed E-state index contributed by atoms with van der Waals surface area (Å²) in [5.41, 5.74) is 0.124. The number of urea groups is 1. The van der Waals surface area contributed by atoms with Crippen molar-refractivity contribution in [2.45, 2.75) is 12.8 Å². The number of anilines is 3. The highest BCUT2D eigenvalue weighted by atomic mass is 32.1. The molecule has 2 amide bonds. The van der Waals surface area contributed by atoms with Gasteiger partial charge in [-0.2, -0.15) is 0 Å². The summed E-state index contributed by atoms with van der Waals surface area (Å²) in [7, 11) is 0. The molecule has 21 heavy (non-hydrogen) atoms. The quantitative estimate of drug-likeness (QED) is 0.914. The number of carbonyl (C=O) groups is 1. The van der Waals surface area contributed by atoms with Gasteiger partial charge < -0.3 is 10.2 Å². The molecule has 1 aromatic heterocycles. The van der Waals surface area contributed by atoms with Gasteiger partial charge in [-0.25, -0.2) is 9.18 Å². The van der Waals surface area contributed by atoms with Gasteiger partial charge in [-0.3, -0.25) is 5.32 Å². The second-order valence-corrected chi connectivity index (χ2v) is 5.60. The average Bonchev–Trinajstić information content (AvgIpc) is 3.12. The fourth-order valence-corrected chi connectivity index (χ4v) is 2.91. The molecule has 2 heterocycles. The Labute approximate surface area is 125 Å². The van der Waals surface area contributed by atoms with Crippen molar-refractivity contribution in [3.8, 4) is 0 Å². The van der Waals surface area contributed by atoms with Crippen LogP contribution in [0, 0.1) is 5.82 Å². The van der Waals surface area contributed by atoms with Crippen molar-refractivity contribution in [3.63, 3.8) is 0 Å². The second-order valence-electron chi connectivity index (χ2n) is 4.64. The van der Waals surface area contributed by atoms with Gasteiger partial charge in [0.2, 0.25) is 10.3 Å². The van der Waals surface area contributed by atoms with Crippen LogP contribution in [0.5, 0.6) is 0 Å². The van der Waals surface area contributed by atoms with Gasteiger partial charge in [-0.1, -0.05) is 23.5 Å². The molecular formula is C13H14FN5OS.